The summed E-state index contributed by atoms with van der Waals surface area (Å²) in [6.07, 6.45) is 4.91. The normalized spacial score (nSPS) is 23.7. The van der Waals surface area contributed by atoms with Crippen molar-refractivity contribution in [2.75, 3.05) is 5.32 Å². The zero-order valence-electron chi connectivity index (χ0n) is 14.3. The minimum absolute atomic E-state index is 0.0573. The van der Waals surface area contributed by atoms with Crippen molar-refractivity contribution >= 4 is 28.2 Å². The number of rotatable bonds is 5. The highest BCUT2D eigenvalue weighted by atomic mass is 32.1. The molecule has 2 amide bonds. The summed E-state index contributed by atoms with van der Waals surface area (Å²) in [6.45, 7) is 1.44. The Morgan fingerprint density at radius 2 is 2.08 bits per heavy atom. The van der Waals surface area contributed by atoms with Gasteiger partial charge in [0.2, 0.25) is 5.91 Å². The molecule has 3 heterocycles. The SMILES string of the molecule is CC(=O)Nc1cnc(Oc2ccc(C(=O)NC3CC4CCC3N4)cc2)s1. The molecule has 1 aromatic carbocycles. The van der Waals surface area contributed by atoms with Crippen LogP contribution in [0.15, 0.2) is 30.5 Å². The van der Waals surface area contributed by atoms with Crippen LogP contribution in [0, 0.1) is 0 Å². The van der Waals surface area contributed by atoms with E-state index in [9.17, 15) is 9.59 Å². The number of ether oxygens (including phenoxy) is 1. The molecule has 3 N–H and O–H groups in total. The van der Waals surface area contributed by atoms with Crippen molar-refractivity contribution in [2.45, 2.75) is 44.3 Å². The first-order chi connectivity index (χ1) is 12.6. The van der Waals surface area contributed by atoms with Gasteiger partial charge in [0.25, 0.3) is 11.1 Å². The van der Waals surface area contributed by atoms with E-state index in [-0.39, 0.29) is 17.9 Å². The van der Waals surface area contributed by atoms with E-state index in [1.807, 2.05) is 0 Å². The second-order valence-electron chi connectivity index (χ2n) is 6.66. The summed E-state index contributed by atoms with van der Waals surface area (Å²) in [5.74, 6) is 0.381. The summed E-state index contributed by atoms with van der Waals surface area (Å²) in [4.78, 5) is 27.6. The average Bonchev–Trinajstić information content (AvgIpc) is 3.32. The number of amides is 2. The van der Waals surface area contributed by atoms with E-state index < -0.39 is 0 Å². The van der Waals surface area contributed by atoms with E-state index in [1.54, 1.807) is 30.5 Å². The van der Waals surface area contributed by atoms with Gasteiger partial charge in [-0.2, -0.15) is 0 Å². The van der Waals surface area contributed by atoms with Crippen LogP contribution in [0.3, 0.4) is 0 Å². The Balaban J connectivity index is 1.35. The lowest BCUT2D eigenvalue weighted by atomic mass is 9.95. The molecule has 7 nitrogen and oxygen atoms in total. The van der Waals surface area contributed by atoms with Gasteiger partial charge in [0.15, 0.2) is 0 Å². The molecule has 4 rings (SSSR count). The summed E-state index contributed by atoms with van der Waals surface area (Å²) in [7, 11) is 0. The van der Waals surface area contributed by atoms with Gasteiger partial charge < -0.3 is 20.7 Å². The zero-order valence-corrected chi connectivity index (χ0v) is 15.1. The number of nitrogens with one attached hydrogen (secondary N) is 3. The van der Waals surface area contributed by atoms with Gasteiger partial charge in [-0.25, -0.2) is 4.98 Å². The van der Waals surface area contributed by atoms with Crippen LogP contribution in [0.2, 0.25) is 0 Å². The van der Waals surface area contributed by atoms with Crippen LogP contribution in [0.25, 0.3) is 0 Å². The summed E-state index contributed by atoms with van der Waals surface area (Å²) in [5.41, 5.74) is 0.609. The van der Waals surface area contributed by atoms with Crippen molar-refractivity contribution in [3.63, 3.8) is 0 Å². The predicted octanol–water partition coefficient (Wildman–Crippen LogP) is 2.52. The van der Waals surface area contributed by atoms with Crippen molar-refractivity contribution in [1.29, 1.82) is 0 Å². The molecule has 0 saturated carbocycles. The second-order valence-corrected chi connectivity index (χ2v) is 7.65. The van der Waals surface area contributed by atoms with Gasteiger partial charge in [0, 0.05) is 30.6 Å². The molecule has 2 fully saturated rings. The standard InChI is InChI=1S/C18H20N4O3S/c1-10(23)20-16-9-19-18(26-16)25-13-5-2-11(3-6-13)17(24)22-15-8-12-4-7-14(15)21-12/h2-3,5-6,9,12,14-15,21H,4,7-8H2,1H3,(H,20,23)(H,22,24). The highest BCUT2D eigenvalue weighted by molar-refractivity contribution is 7.17. The fourth-order valence-electron chi connectivity index (χ4n) is 3.55. The highest BCUT2D eigenvalue weighted by Crippen LogP contribution is 2.30. The average molecular weight is 372 g/mol. The Morgan fingerprint density at radius 3 is 2.73 bits per heavy atom. The van der Waals surface area contributed by atoms with Crippen LogP contribution >= 0.6 is 11.3 Å². The van der Waals surface area contributed by atoms with Crippen molar-refractivity contribution < 1.29 is 14.3 Å². The van der Waals surface area contributed by atoms with Crippen LogP contribution < -0.4 is 20.7 Å². The molecule has 0 radical (unpaired) electrons. The molecule has 26 heavy (non-hydrogen) atoms. The largest absolute Gasteiger partial charge is 0.431 e. The highest BCUT2D eigenvalue weighted by Gasteiger charge is 2.39. The molecular weight excluding hydrogens is 352 g/mol. The zero-order chi connectivity index (χ0) is 18.1. The number of aromatic nitrogens is 1. The van der Waals surface area contributed by atoms with E-state index >= 15 is 0 Å². The third kappa shape index (κ3) is 3.71. The van der Waals surface area contributed by atoms with Gasteiger partial charge in [-0.05, 0) is 43.5 Å². The van der Waals surface area contributed by atoms with Crippen LogP contribution in [0.1, 0.15) is 36.5 Å². The summed E-state index contributed by atoms with van der Waals surface area (Å²) in [5, 5.41) is 10.4. The van der Waals surface area contributed by atoms with Crippen LogP contribution in [0.4, 0.5) is 5.00 Å². The van der Waals surface area contributed by atoms with Crippen molar-refractivity contribution in [1.82, 2.24) is 15.6 Å². The molecule has 8 heteroatoms. The number of carbonyl (C=O) groups is 2. The minimum atomic E-state index is -0.152. The number of hydrogen-bond donors (Lipinski definition) is 3. The van der Waals surface area contributed by atoms with Gasteiger partial charge >= 0.3 is 0 Å². The number of hydrogen-bond acceptors (Lipinski definition) is 6. The molecule has 0 aliphatic carbocycles. The van der Waals surface area contributed by atoms with Gasteiger partial charge in [-0.3, -0.25) is 9.59 Å². The number of benzene rings is 1. The summed E-state index contributed by atoms with van der Waals surface area (Å²) in [6, 6.07) is 8.16. The molecule has 2 aliphatic rings. The van der Waals surface area contributed by atoms with E-state index in [0.29, 0.717) is 33.6 Å². The Hall–Kier alpha value is -2.45. The fourth-order valence-corrected chi connectivity index (χ4v) is 4.28. The number of nitrogens with zero attached hydrogens (tertiary/aromatic N) is 1. The Kier molecular flexibility index (Phi) is 4.60. The third-order valence-corrected chi connectivity index (χ3v) is 5.51. The first-order valence-electron chi connectivity index (χ1n) is 8.65. The molecule has 2 saturated heterocycles. The minimum Gasteiger partial charge on any atom is -0.431 e. The molecule has 136 valence electrons. The van der Waals surface area contributed by atoms with E-state index in [2.05, 4.69) is 20.9 Å². The molecule has 1 aromatic heterocycles. The van der Waals surface area contributed by atoms with Crippen molar-refractivity contribution in [3.8, 4) is 10.9 Å². The number of carbonyl (C=O) groups excluding carboxylic acids is 2. The van der Waals surface area contributed by atoms with Gasteiger partial charge in [0.1, 0.15) is 10.8 Å². The monoisotopic (exact) mass is 372 g/mol. The van der Waals surface area contributed by atoms with Crippen LogP contribution in [-0.2, 0) is 4.79 Å². The Bertz CT molecular complexity index is 820. The predicted molar refractivity (Wildman–Crippen MR) is 98.8 cm³/mol. The summed E-state index contributed by atoms with van der Waals surface area (Å²) >= 11 is 1.24. The number of anilines is 1. The molecular formula is C18H20N4O3S. The Labute approximate surface area is 155 Å². The third-order valence-electron chi connectivity index (χ3n) is 4.72. The van der Waals surface area contributed by atoms with Crippen LogP contribution in [0.5, 0.6) is 10.9 Å². The lowest BCUT2D eigenvalue weighted by Gasteiger charge is -2.21. The Morgan fingerprint density at radius 1 is 1.27 bits per heavy atom. The molecule has 0 spiro atoms. The lowest BCUT2D eigenvalue weighted by molar-refractivity contribution is -0.114. The number of fused-ring (bicyclic) bond motifs is 2. The first-order valence-corrected chi connectivity index (χ1v) is 9.47. The number of thiazole rings is 1. The maximum absolute atomic E-state index is 12.4. The first kappa shape index (κ1) is 17.0. The molecule has 2 aromatic rings. The molecule has 3 unspecified atom stereocenters. The quantitative estimate of drug-likeness (QED) is 0.750. The molecule has 3 atom stereocenters. The smallest absolute Gasteiger partial charge is 0.280 e. The van der Waals surface area contributed by atoms with E-state index in [0.717, 1.165) is 12.8 Å². The fraction of sp³-hybridized carbons (Fsp3) is 0.389. The summed E-state index contributed by atoms with van der Waals surface area (Å²) < 4.78 is 5.66. The topological polar surface area (TPSA) is 92.3 Å². The maximum Gasteiger partial charge on any atom is 0.280 e. The second kappa shape index (κ2) is 7.05. The molecule has 2 aliphatic heterocycles. The van der Waals surface area contributed by atoms with Gasteiger partial charge in [0.05, 0.1) is 6.20 Å². The maximum atomic E-state index is 12.4. The van der Waals surface area contributed by atoms with Crippen molar-refractivity contribution in [2.24, 2.45) is 0 Å². The van der Waals surface area contributed by atoms with Crippen LogP contribution in [-0.4, -0.2) is 34.9 Å². The lowest BCUT2D eigenvalue weighted by Crippen LogP contribution is -2.42. The van der Waals surface area contributed by atoms with Gasteiger partial charge in [-0.1, -0.05) is 11.3 Å². The van der Waals surface area contributed by atoms with Crippen molar-refractivity contribution in [3.05, 3.63) is 36.0 Å². The van der Waals surface area contributed by atoms with E-state index in [1.165, 1.54) is 24.7 Å². The van der Waals surface area contributed by atoms with Gasteiger partial charge in [-0.15, -0.1) is 0 Å². The molecule has 2 bridgehead atoms. The van der Waals surface area contributed by atoms with E-state index in [4.69, 9.17) is 4.74 Å².